The summed E-state index contributed by atoms with van der Waals surface area (Å²) in [6.07, 6.45) is -7.96. The summed E-state index contributed by atoms with van der Waals surface area (Å²) in [6, 6.07) is 12.2. The molecule has 2 heterocycles. The van der Waals surface area contributed by atoms with Crippen molar-refractivity contribution < 1.29 is 60.7 Å². The Morgan fingerprint density at radius 1 is 1.17 bits per heavy atom. The SMILES string of the molecule is C[C@H]1[C@H]([C@H](OC(=O)Oc2ccc([N+](=O)[O-])cc2)[C@H]2COC(=O)O2)O[C@@H](S(=O)(=O)O)C[C@@H]1NC(=O)OCc1ccccc1. The van der Waals surface area contributed by atoms with Crippen molar-refractivity contribution in [2.45, 2.75) is 49.7 Å². The summed E-state index contributed by atoms with van der Waals surface area (Å²) in [4.78, 5) is 47.2. The van der Waals surface area contributed by atoms with Crippen molar-refractivity contribution in [2.24, 2.45) is 5.92 Å². The summed E-state index contributed by atoms with van der Waals surface area (Å²) in [6.45, 7) is 1.06. The van der Waals surface area contributed by atoms with Gasteiger partial charge < -0.3 is 33.7 Å². The van der Waals surface area contributed by atoms with Crippen LogP contribution < -0.4 is 10.1 Å². The summed E-state index contributed by atoms with van der Waals surface area (Å²) >= 11 is 0. The molecule has 4 rings (SSSR count). The molecule has 17 heteroatoms. The first-order valence-electron chi connectivity index (χ1n) is 12.5. The molecule has 2 aromatic rings. The van der Waals surface area contributed by atoms with Gasteiger partial charge >= 0.3 is 18.4 Å². The zero-order valence-electron chi connectivity index (χ0n) is 21.9. The van der Waals surface area contributed by atoms with Crippen molar-refractivity contribution in [1.82, 2.24) is 5.32 Å². The van der Waals surface area contributed by atoms with Crippen LogP contribution in [0.4, 0.5) is 20.1 Å². The van der Waals surface area contributed by atoms with Gasteiger partial charge in [-0.1, -0.05) is 37.3 Å². The molecule has 0 spiro atoms. The van der Waals surface area contributed by atoms with Crippen molar-refractivity contribution in [2.75, 3.05) is 6.61 Å². The molecule has 0 saturated carbocycles. The number of hydrogen-bond donors (Lipinski definition) is 2. The van der Waals surface area contributed by atoms with Crippen LogP contribution in [0.5, 0.6) is 5.75 Å². The zero-order valence-corrected chi connectivity index (χ0v) is 22.7. The summed E-state index contributed by atoms with van der Waals surface area (Å²) < 4.78 is 65.2. The number of nitro groups is 1. The van der Waals surface area contributed by atoms with E-state index in [9.17, 15) is 37.5 Å². The van der Waals surface area contributed by atoms with Crippen LogP contribution in [-0.4, -0.2) is 72.7 Å². The fourth-order valence-corrected chi connectivity index (χ4v) is 5.13. The molecule has 0 aromatic heterocycles. The van der Waals surface area contributed by atoms with Crippen LogP contribution in [0, 0.1) is 16.0 Å². The average Bonchev–Trinajstić information content (AvgIpc) is 3.38. The van der Waals surface area contributed by atoms with Crippen LogP contribution in [0.3, 0.4) is 0 Å². The van der Waals surface area contributed by atoms with Gasteiger partial charge in [-0.3, -0.25) is 14.7 Å². The monoisotopic (exact) mass is 610 g/mol. The molecule has 226 valence electrons. The minimum Gasteiger partial charge on any atom is -0.445 e. The van der Waals surface area contributed by atoms with Gasteiger partial charge in [0.25, 0.3) is 15.8 Å². The number of cyclic esters (lactones) is 2. The van der Waals surface area contributed by atoms with Gasteiger partial charge in [-0.2, -0.15) is 8.42 Å². The number of rotatable bonds is 9. The van der Waals surface area contributed by atoms with E-state index in [1.807, 2.05) is 0 Å². The number of non-ortho nitro benzene ring substituents is 1. The first kappa shape index (κ1) is 30.5. The first-order chi connectivity index (χ1) is 19.9. The molecule has 2 fully saturated rings. The largest absolute Gasteiger partial charge is 0.514 e. The molecule has 42 heavy (non-hydrogen) atoms. The molecule has 16 nitrogen and oxygen atoms in total. The predicted molar refractivity (Wildman–Crippen MR) is 138 cm³/mol. The second-order valence-corrected chi connectivity index (χ2v) is 10.9. The Labute approximate surface area is 238 Å². The normalized spacial score (nSPS) is 24.4. The number of nitro benzene ring substituents is 1. The summed E-state index contributed by atoms with van der Waals surface area (Å²) in [5.41, 5.74) is -1.43. The molecule has 1 amide bonds. The molecule has 6 atom stereocenters. The topological polar surface area (TPSA) is 216 Å². The number of nitrogens with zero attached hydrogens (tertiary/aromatic N) is 1. The van der Waals surface area contributed by atoms with Gasteiger partial charge in [0.05, 0.1) is 4.92 Å². The highest BCUT2D eigenvalue weighted by atomic mass is 32.2. The van der Waals surface area contributed by atoms with E-state index < -0.39 is 82.2 Å². The van der Waals surface area contributed by atoms with Crippen molar-refractivity contribution in [1.29, 1.82) is 0 Å². The van der Waals surface area contributed by atoms with Crippen LogP contribution >= 0.6 is 0 Å². The number of carbonyl (C=O) groups is 3. The molecule has 2 saturated heterocycles. The number of carbonyl (C=O) groups excluding carboxylic acids is 3. The van der Waals surface area contributed by atoms with Gasteiger partial charge in [0, 0.05) is 30.5 Å². The number of ether oxygens (including phenoxy) is 6. The van der Waals surface area contributed by atoms with Crippen LogP contribution in [0.25, 0.3) is 0 Å². The average molecular weight is 611 g/mol. The highest BCUT2D eigenvalue weighted by Gasteiger charge is 2.51. The van der Waals surface area contributed by atoms with Gasteiger partial charge in [0.1, 0.15) is 25.1 Å². The van der Waals surface area contributed by atoms with E-state index >= 15 is 0 Å². The highest BCUT2D eigenvalue weighted by Crippen LogP contribution is 2.34. The molecule has 2 aromatic carbocycles. The fraction of sp³-hybridized carbons (Fsp3) is 0.400. The Balaban J connectivity index is 1.52. The lowest BCUT2D eigenvalue weighted by molar-refractivity contribution is -0.384. The maximum Gasteiger partial charge on any atom is 0.514 e. The standard InChI is InChI=1S/C25H26N2O14S/c1-14-18(26-23(28)36-12-15-5-3-2-4-6-15)11-20(42(33,34)35)40-21(14)22(19-13-37-24(29)39-19)41-25(30)38-17-9-7-16(8-10-17)27(31)32/h2-10,14,18-22H,11-13H2,1H3,(H,26,28)(H,33,34,35)/t14-,18+,19-,20+,21-,22-/m1/s1. The van der Waals surface area contributed by atoms with Gasteiger partial charge in [0.2, 0.25) is 0 Å². The lowest BCUT2D eigenvalue weighted by atomic mass is 9.86. The van der Waals surface area contributed by atoms with Crippen molar-refractivity contribution in [3.8, 4) is 5.75 Å². The molecular weight excluding hydrogens is 584 g/mol. The maximum absolute atomic E-state index is 12.7. The Morgan fingerprint density at radius 3 is 2.45 bits per heavy atom. The number of benzene rings is 2. The number of nitrogens with one attached hydrogen (secondary N) is 1. The van der Waals surface area contributed by atoms with E-state index in [4.69, 9.17) is 28.4 Å². The summed E-state index contributed by atoms with van der Waals surface area (Å²) in [5.74, 6) is -0.943. The Kier molecular flexibility index (Phi) is 9.44. The van der Waals surface area contributed by atoms with Crippen LogP contribution in [0.2, 0.25) is 0 Å². The minimum atomic E-state index is -4.84. The molecule has 2 aliphatic rings. The van der Waals surface area contributed by atoms with Crippen LogP contribution in [-0.2, 0) is 40.4 Å². The minimum absolute atomic E-state index is 0.0784. The maximum atomic E-state index is 12.7. The molecule has 0 aliphatic carbocycles. The van der Waals surface area contributed by atoms with Crippen molar-refractivity contribution in [3.63, 3.8) is 0 Å². The van der Waals surface area contributed by atoms with Gasteiger partial charge in [0.15, 0.2) is 17.6 Å². The molecule has 2 N–H and O–H groups in total. The van der Waals surface area contributed by atoms with E-state index in [2.05, 4.69) is 5.32 Å². The third-order valence-corrected chi connectivity index (χ3v) is 7.51. The number of alkyl carbamates (subject to hydrolysis) is 1. The second kappa shape index (κ2) is 13.0. The second-order valence-electron chi connectivity index (χ2n) is 9.36. The van der Waals surface area contributed by atoms with E-state index in [-0.39, 0.29) is 18.0 Å². The highest BCUT2D eigenvalue weighted by molar-refractivity contribution is 7.86. The molecule has 0 bridgehead atoms. The van der Waals surface area contributed by atoms with E-state index in [1.165, 1.54) is 0 Å². The zero-order chi connectivity index (χ0) is 30.4. The third kappa shape index (κ3) is 7.83. The van der Waals surface area contributed by atoms with E-state index in [1.54, 1.807) is 37.3 Å². The first-order valence-corrected chi connectivity index (χ1v) is 14.0. The molecular formula is C25H26N2O14S. The summed E-state index contributed by atoms with van der Waals surface area (Å²) in [5, 5.41) is 13.4. The van der Waals surface area contributed by atoms with E-state index in [0.29, 0.717) is 5.56 Å². The Hall–Kier alpha value is -4.48. The van der Waals surface area contributed by atoms with Crippen molar-refractivity contribution in [3.05, 3.63) is 70.3 Å². The number of hydrogen-bond acceptors (Lipinski definition) is 13. The Bertz CT molecular complexity index is 1400. The van der Waals surface area contributed by atoms with Gasteiger partial charge in [-0.05, 0) is 17.7 Å². The number of amides is 1. The molecule has 2 aliphatic heterocycles. The van der Waals surface area contributed by atoms with Crippen LogP contribution in [0.15, 0.2) is 54.6 Å². The molecule has 0 unspecified atom stereocenters. The smallest absolute Gasteiger partial charge is 0.445 e. The lowest BCUT2D eigenvalue weighted by Gasteiger charge is -2.42. The van der Waals surface area contributed by atoms with Gasteiger partial charge in [-0.25, -0.2) is 14.4 Å². The lowest BCUT2D eigenvalue weighted by Crippen LogP contribution is -2.59. The van der Waals surface area contributed by atoms with Crippen LogP contribution in [0.1, 0.15) is 18.9 Å². The van der Waals surface area contributed by atoms with E-state index in [0.717, 1.165) is 24.3 Å². The summed E-state index contributed by atoms with van der Waals surface area (Å²) in [7, 11) is -4.84. The predicted octanol–water partition coefficient (Wildman–Crippen LogP) is 2.95. The van der Waals surface area contributed by atoms with Gasteiger partial charge in [-0.15, -0.1) is 0 Å². The van der Waals surface area contributed by atoms with Crippen molar-refractivity contribution >= 4 is 34.2 Å². The quantitative estimate of drug-likeness (QED) is 0.104. The fourth-order valence-electron chi connectivity index (χ4n) is 4.41. The third-order valence-electron chi connectivity index (χ3n) is 6.54. The Morgan fingerprint density at radius 2 is 1.86 bits per heavy atom. The molecule has 0 radical (unpaired) electrons.